The second-order valence-electron chi connectivity index (χ2n) is 5.45. The number of imide groups is 1. The number of ether oxygens (including phenoxy) is 1. The van der Waals surface area contributed by atoms with Crippen molar-refractivity contribution in [2.75, 3.05) is 13.2 Å². The maximum absolute atomic E-state index is 11.6. The lowest BCUT2D eigenvalue weighted by Gasteiger charge is -2.12. The summed E-state index contributed by atoms with van der Waals surface area (Å²) >= 11 is 3.05. The molecule has 0 atom stereocenters. The molecule has 4 amide bonds. The summed E-state index contributed by atoms with van der Waals surface area (Å²) in [4.78, 5) is 46.3. The van der Waals surface area contributed by atoms with Crippen molar-refractivity contribution in [3.8, 4) is 0 Å². The number of halogens is 1. The number of furan rings is 1. The summed E-state index contributed by atoms with van der Waals surface area (Å²) in [6.45, 7) is -1.04. The molecule has 1 heterocycles. The minimum atomic E-state index is -0.815. The van der Waals surface area contributed by atoms with E-state index in [1.54, 1.807) is 0 Å². The van der Waals surface area contributed by atoms with E-state index in [4.69, 9.17) is 4.42 Å². The van der Waals surface area contributed by atoms with Crippen molar-refractivity contribution in [2.45, 2.75) is 31.7 Å². The Kier molecular flexibility index (Phi) is 6.99. The first kappa shape index (κ1) is 19.0. The van der Waals surface area contributed by atoms with Gasteiger partial charge in [-0.15, -0.1) is 0 Å². The van der Waals surface area contributed by atoms with Crippen LogP contribution in [-0.2, 0) is 14.3 Å². The molecule has 25 heavy (non-hydrogen) atoms. The van der Waals surface area contributed by atoms with Gasteiger partial charge < -0.3 is 19.8 Å². The fourth-order valence-electron chi connectivity index (χ4n) is 2.33. The molecule has 0 radical (unpaired) electrons. The molecule has 10 heteroatoms. The Labute approximate surface area is 152 Å². The Balaban J connectivity index is 1.61. The summed E-state index contributed by atoms with van der Waals surface area (Å²) in [7, 11) is 0. The van der Waals surface area contributed by atoms with Crippen molar-refractivity contribution in [3.63, 3.8) is 0 Å². The maximum atomic E-state index is 11.6. The maximum Gasteiger partial charge on any atom is 0.325 e. The number of esters is 1. The molecule has 0 aliphatic heterocycles. The smallest absolute Gasteiger partial charge is 0.325 e. The average Bonchev–Trinajstić information content (AvgIpc) is 3.22. The van der Waals surface area contributed by atoms with Gasteiger partial charge in [-0.3, -0.25) is 19.7 Å². The van der Waals surface area contributed by atoms with E-state index >= 15 is 0 Å². The third kappa shape index (κ3) is 6.57. The summed E-state index contributed by atoms with van der Waals surface area (Å²) in [6, 6.07) is 2.44. The molecule has 0 bridgehead atoms. The third-order valence-corrected chi connectivity index (χ3v) is 3.92. The molecule has 1 aliphatic carbocycles. The van der Waals surface area contributed by atoms with E-state index in [2.05, 4.69) is 36.6 Å². The van der Waals surface area contributed by atoms with E-state index in [0.29, 0.717) is 4.67 Å². The SMILES string of the molecule is O=C(COC(=O)CNC(=O)c1ccc(Br)o1)NC(=O)NC1CCCC1. The van der Waals surface area contributed by atoms with Gasteiger partial charge >= 0.3 is 12.0 Å². The van der Waals surface area contributed by atoms with Crippen LogP contribution in [0.2, 0.25) is 0 Å². The number of hydrogen-bond donors (Lipinski definition) is 3. The predicted molar refractivity (Wildman–Crippen MR) is 88.6 cm³/mol. The van der Waals surface area contributed by atoms with Crippen LogP contribution in [0.4, 0.5) is 4.79 Å². The number of carbonyl (C=O) groups is 4. The van der Waals surface area contributed by atoms with Crippen LogP contribution < -0.4 is 16.0 Å². The van der Waals surface area contributed by atoms with Gasteiger partial charge in [0.2, 0.25) is 0 Å². The lowest BCUT2D eigenvalue weighted by molar-refractivity contribution is -0.147. The van der Waals surface area contributed by atoms with Crippen molar-refractivity contribution < 1.29 is 28.3 Å². The highest BCUT2D eigenvalue weighted by Crippen LogP contribution is 2.17. The minimum Gasteiger partial charge on any atom is -0.454 e. The molecule has 9 nitrogen and oxygen atoms in total. The highest BCUT2D eigenvalue weighted by atomic mass is 79.9. The topological polar surface area (TPSA) is 127 Å². The van der Waals surface area contributed by atoms with Gasteiger partial charge in [0.25, 0.3) is 11.8 Å². The summed E-state index contributed by atoms with van der Waals surface area (Å²) in [5, 5.41) is 7.04. The summed E-state index contributed by atoms with van der Waals surface area (Å²) < 4.78 is 10.1. The minimum absolute atomic E-state index is 0.0287. The fraction of sp³-hybridized carbons (Fsp3) is 0.467. The Hall–Kier alpha value is -2.36. The van der Waals surface area contributed by atoms with E-state index in [1.165, 1.54) is 12.1 Å². The zero-order chi connectivity index (χ0) is 18.2. The van der Waals surface area contributed by atoms with Crippen molar-refractivity contribution in [2.24, 2.45) is 0 Å². The van der Waals surface area contributed by atoms with Gasteiger partial charge in [0.05, 0.1) is 0 Å². The molecular formula is C15H18BrN3O6. The van der Waals surface area contributed by atoms with Gasteiger partial charge in [0.1, 0.15) is 6.54 Å². The fourth-order valence-corrected chi connectivity index (χ4v) is 2.63. The number of amides is 4. The van der Waals surface area contributed by atoms with Gasteiger partial charge in [-0.1, -0.05) is 12.8 Å². The molecule has 3 N–H and O–H groups in total. The number of rotatable bonds is 6. The lowest BCUT2D eigenvalue weighted by atomic mass is 10.2. The molecule has 1 aromatic rings. The number of urea groups is 1. The molecule has 1 saturated carbocycles. The Morgan fingerprint density at radius 3 is 2.56 bits per heavy atom. The van der Waals surface area contributed by atoms with Crippen molar-refractivity contribution in [1.29, 1.82) is 0 Å². The standard InChI is InChI=1S/C15H18BrN3O6/c16-11-6-5-10(25-11)14(22)17-7-13(21)24-8-12(20)19-15(23)18-9-3-1-2-4-9/h5-6,9H,1-4,7-8H2,(H,17,22)(H2,18,19,20,23). The monoisotopic (exact) mass is 415 g/mol. The second kappa shape index (κ2) is 9.21. The molecule has 1 aliphatic rings. The molecule has 1 aromatic heterocycles. The van der Waals surface area contributed by atoms with Crippen LogP contribution in [-0.4, -0.2) is 43.0 Å². The van der Waals surface area contributed by atoms with E-state index < -0.39 is 37.0 Å². The molecular weight excluding hydrogens is 398 g/mol. The lowest BCUT2D eigenvalue weighted by Crippen LogP contribution is -2.45. The molecule has 136 valence electrons. The molecule has 0 aromatic carbocycles. The quantitative estimate of drug-likeness (QED) is 0.596. The zero-order valence-electron chi connectivity index (χ0n) is 13.3. The normalized spacial score (nSPS) is 14.0. The average molecular weight is 416 g/mol. The van der Waals surface area contributed by atoms with E-state index in [-0.39, 0.29) is 11.8 Å². The Morgan fingerprint density at radius 1 is 1.20 bits per heavy atom. The van der Waals surface area contributed by atoms with Crippen LogP contribution in [0.25, 0.3) is 0 Å². The highest BCUT2D eigenvalue weighted by molar-refractivity contribution is 9.10. The largest absolute Gasteiger partial charge is 0.454 e. The first-order valence-electron chi connectivity index (χ1n) is 7.73. The first-order valence-corrected chi connectivity index (χ1v) is 8.53. The Morgan fingerprint density at radius 2 is 1.92 bits per heavy atom. The summed E-state index contributed by atoms with van der Waals surface area (Å²) in [6.07, 6.45) is 3.89. The number of nitrogens with one attached hydrogen (secondary N) is 3. The molecule has 0 unspecified atom stereocenters. The van der Waals surface area contributed by atoms with Crippen molar-refractivity contribution in [3.05, 3.63) is 22.6 Å². The summed E-state index contributed by atoms with van der Waals surface area (Å²) in [5.41, 5.74) is 0. The van der Waals surface area contributed by atoms with Gasteiger partial charge in [0, 0.05) is 6.04 Å². The van der Waals surface area contributed by atoms with Gasteiger partial charge in [-0.2, -0.15) is 0 Å². The van der Waals surface area contributed by atoms with Gasteiger partial charge in [-0.05, 0) is 40.9 Å². The number of carbonyl (C=O) groups excluding carboxylic acids is 4. The third-order valence-electron chi connectivity index (χ3n) is 3.50. The van der Waals surface area contributed by atoms with Crippen molar-refractivity contribution >= 4 is 39.7 Å². The van der Waals surface area contributed by atoms with E-state index in [9.17, 15) is 19.2 Å². The molecule has 0 saturated heterocycles. The highest BCUT2D eigenvalue weighted by Gasteiger charge is 2.19. The van der Waals surface area contributed by atoms with Crippen molar-refractivity contribution in [1.82, 2.24) is 16.0 Å². The second-order valence-corrected chi connectivity index (χ2v) is 6.23. The predicted octanol–water partition coefficient (Wildman–Crippen LogP) is 1.08. The molecule has 1 fully saturated rings. The summed E-state index contributed by atoms with van der Waals surface area (Å²) in [5.74, 6) is -2.13. The zero-order valence-corrected chi connectivity index (χ0v) is 14.9. The van der Waals surface area contributed by atoms with Crippen LogP contribution in [0, 0.1) is 0 Å². The Bertz CT molecular complexity index is 653. The molecule has 2 rings (SSSR count). The van der Waals surface area contributed by atoms with Crippen LogP contribution >= 0.6 is 15.9 Å². The van der Waals surface area contributed by atoms with E-state index in [1.807, 2.05) is 0 Å². The first-order chi connectivity index (χ1) is 11.9. The van der Waals surface area contributed by atoms with Gasteiger partial charge in [-0.25, -0.2) is 4.79 Å². The van der Waals surface area contributed by atoms with Gasteiger partial charge in [0.15, 0.2) is 17.0 Å². The van der Waals surface area contributed by atoms with Crippen LogP contribution in [0.3, 0.4) is 0 Å². The van der Waals surface area contributed by atoms with Crippen LogP contribution in [0.1, 0.15) is 36.2 Å². The molecule has 0 spiro atoms. The van der Waals surface area contributed by atoms with Crippen LogP contribution in [0.5, 0.6) is 0 Å². The number of hydrogen-bond acceptors (Lipinski definition) is 6. The van der Waals surface area contributed by atoms with Crippen LogP contribution in [0.15, 0.2) is 21.2 Å². The van der Waals surface area contributed by atoms with E-state index in [0.717, 1.165) is 25.7 Å².